The number of nitrogens with zero attached hydrogens (tertiary/aromatic N) is 1. The first kappa shape index (κ1) is 21.7. The van der Waals surface area contributed by atoms with E-state index in [1.165, 1.54) is 0 Å². The molecule has 0 radical (unpaired) electrons. The van der Waals surface area contributed by atoms with Gasteiger partial charge in [-0.05, 0) is 29.2 Å². The fourth-order valence-electron chi connectivity index (χ4n) is 4.15. The van der Waals surface area contributed by atoms with Gasteiger partial charge in [-0.25, -0.2) is 0 Å². The fraction of sp³-hybridized carbons (Fsp3) is 0.480. The molecule has 31 heavy (non-hydrogen) atoms. The van der Waals surface area contributed by atoms with Gasteiger partial charge in [0.2, 0.25) is 5.91 Å². The van der Waals surface area contributed by atoms with Crippen LogP contribution in [0.2, 0.25) is 0 Å². The number of carbonyl (C=O) groups is 1. The molecule has 4 rings (SSSR count). The minimum absolute atomic E-state index is 0.00498. The van der Waals surface area contributed by atoms with Gasteiger partial charge < -0.3 is 19.5 Å². The fourth-order valence-corrected chi connectivity index (χ4v) is 4.15. The number of benzene rings is 2. The maximum atomic E-state index is 12.9. The number of hydrogen-bond acceptors (Lipinski definition) is 5. The molecule has 166 valence electrons. The molecule has 0 aliphatic carbocycles. The maximum absolute atomic E-state index is 12.9. The van der Waals surface area contributed by atoms with Crippen LogP contribution >= 0.6 is 0 Å². The average Bonchev–Trinajstić information content (AvgIpc) is 3.03. The van der Waals surface area contributed by atoms with Crippen molar-refractivity contribution >= 4 is 5.91 Å². The van der Waals surface area contributed by atoms with Crippen LogP contribution in [-0.2, 0) is 9.53 Å². The van der Waals surface area contributed by atoms with Crippen molar-refractivity contribution in [3.63, 3.8) is 0 Å². The third kappa shape index (κ3) is 5.57. The Morgan fingerprint density at radius 3 is 2.61 bits per heavy atom. The highest BCUT2D eigenvalue weighted by Gasteiger charge is 2.26. The molecule has 2 atom stereocenters. The quantitative estimate of drug-likeness (QED) is 0.766. The lowest BCUT2D eigenvalue weighted by atomic mass is 9.95. The van der Waals surface area contributed by atoms with Crippen LogP contribution in [0.1, 0.15) is 43.5 Å². The van der Waals surface area contributed by atoms with Gasteiger partial charge in [0.1, 0.15) is 0 Å². The van der Waals surface area contributed by atoms with Crippen LogP contribution in [0.4, 0.5) is 0 Å². The van der Waals surface area contributed by atoms with Crippen molar-refractivity contribution in [3.8, 4) is 11.5 Å². The second kappa shape index (κ2) is 10.2. The molecular formula is C25H32N2O4. The molecular weight excluding hydrogens is 392 g/mol. The molecule has 1 fully saturated rings. The summed E-state index contributed by atoms with van der Waals surface area (Å²) >= 11 is 0. The van der Waals surface area contributed by atoms with Crippen LogP contribution in [0.3, 0.4) is 0 Å². The number of amides is 1. The minimum Gasteiger partial charge on any atom is -0.490 e. The van der Waals surface area contributed by atoms with Gasteiger partial charge in [-0.15, -0.1) is 0 Å². The Labute approximate surface area is 184 Å². The first-order valence-corrected chi connectivity index (χ1v) is 11.2. The number of carbonyl (C=O) groups excluding carboxylic acids is 1. The van der Waals surface area contributed by atoms with Crippen LogP contribution in [0.15, 0.2) is 48.5 Å². The van der Waals surface area contributed by atoms with E-state index < -0.39 is 0 Å². The van der Waals surface area contributed by atoms with E-state index in [4.69, 9.17) is 14.2 Å². The highest BCUT2D eigenvalue weighted by atomic mass is 16.5. The van der Waals surface area contributed by atoms with Gasteiger partial charge in [0.25, 0.3) is 0 Å². The van der Waals surface area contributed by atoms with E-state index >= 15 is 0 Å². The lowest BCUT2D eigenvalue weighted by molar-refractivity contribution is -0.125. The predicted octanol–water partition coefficient (Wildman–Crippen LogP) is 3.73. The first-order chi connectivity index (χ1) is 15.1. The Morgan fingerprint density at radius 1 is 1.06 bits per heavy atom. The normalized spacial score (nSPS) is 20.2. The van der Waals surface area contributed by atoms with E-state index in [1.807, 2.05) is 36.4 Å². The molecule has 0 bridgehead atoms. The summed E-state index contributed by atoms with van der Waals surface area (Å²) in [7, 11) is 0. The van der Waals surface area contributed by atoms with Crippen LogP contribution in [-0.4, -0.2) is 50.3 Å². The van der Waals surface area contributed by atoms with Crippen molar-refractivity contribution < 1.29 is 19.0 Å². The number of rotatable bonds is 6. The molecule has 6 nitrogen and oxygen atoms in total. The lowest BCUT2D eigenvalue weighted by Crippen LogP contribution is -2.45. The van der Waals surface area contributed by atoms with E-state index in [0.29, 0.717) is 32.9 Å². The summed E-state index contributed by atoms with van der Waals surface area (Å²) in [5.74, 6) is 1.80. The Balaban J connectivity index is 1.39. The summed E-state index contributed by atoms with van der Waals surface area (Å²) in [4.78, 5) is 15.1. The molecule has 2 unspecified atom stereocenters. The smallest absolute Gasteiger partial charge is 0.234 e. The molecule has 2 aromatic rings. The molecule has 0 spiro atoms. The van der Waals surface area contributed by atoms with Gasteiger partial charge in [-0.1, -0.05) is 50.2 Å². The third-order valence-corrected chi connectivity index (χ3v) is 5.80. The van der Waals surface area contributed by atoms with Gasteiger partial charge in [0, 0.05) is 19.5 Å². The molecule has 1 N–H and O–H groups in total. The van der Waals surface area contributed by atoms with Gasteiger partial charge in [0.05, 0.1) is 38.5 Å². The van der Waals surface area contributed by atoms with Crippen LogP contribution < -0.4 is 14.8 Å². The van der Waals surface area contributed by atoms with Crippen molar-refractivity contribution in [1.82, 2.24) is 10.2 Å². The van der Waals surface area contributed by atoms with Gasteiger partial charge in [-0.2, -0.15) is 0 Å². The van der Waals surface area contributed by atoms with Crippen molar-refractivity contribution in [2.45, 2.75) is 32.4 Å². The summed E-state index contributed by atoms with van der Waals surface area (Å²) in [6, 6.07) is 16.1. The predicted molar refractivity (Wildman–Crippen MR) is 119 cm³/mol. The third-order valence-electron chi connectivity index (χ3n) is 5.80. The molecule has 0 aromatic heterocycles. The Morgan fingerprint density at radius 2 is 1.84 bits per heavy atom. The van der Waals surface area contributed by atoms with Crippen molar-refractivity contribution in [3.05, 3.63) is 59.7 Å². The number of fused-ring (bicyclic) bond motifs is 1. The van der Waals surface area contributed by atoms with Gasteiger partial charge in [0.15, 0.2) is 11.5 Å². The minimum atomic E-state index is -0.0874. The second-order valence-electron chi connectivity index (χ2n) is 8.55. The SMILES string of the molecule is CC(C)C(NC(=O)CN1CCOC(c2ccccc2)C1)c1ccc2c(c1)OCCCO2. The molecule has 1 saturated heterocycles. The zero-order valence-corrected chi connectivity index (χ0v) is 18.4. The Hall–Kier alpha value is -2.57. The van der Waals surface area contributed by atoms with Gasteiger partial charge in [-0.3, -0.25) is 9.69 Å². The van der Waals surface area contributed by atoms with E-state index in [1.54, 1.807) is 0 Å². The van der Waals surface area contributed by atoms with Crippen LogP contribution in [0, 0.1) is 5.92 Å². The highest BCUT2D eigenvalue weighted by Crippen LogP contribution is 2.34. The zero-order chi connectivity index (χ0) is 21.6. The van der Waals surface area contributed by atoms with Gasteiger partial charge >= 0.3 is 0 Å². The lowest BCUT2D eigenvalue weighted by Gasteiger charge is -2.33. The Bertz CT molecular complexity index is 871. The van der Waals surface area contributed by atoms with Crippen molar-refractivity contribution in [2.24, 2.45) is 5.92 Å². The van der Waals surface area contributed by atoms with Crippen LogP contribution in [0.25, 0.3) is 0 Å². The van der Waals surface area contributed by atoms with Crippen LogP contribution in [0.5, 0.6) is 11.5 Å². The molecule has 6 heteroatoms. The second-order valence-corrected chi connectivity index (χ2v) is 8.55. The zero-order valence-electron chi connectivity index (χ0n) is 18.4. The number of ether oxygens (including phenoxy) is 3. The maximum Gasteiger partial charge on any atom is 0.234 e. The Kier molecular flexibility index (Phi) is 7.10. The molecule has 2 heterocycles. The largest absolute Gasteiger partial charge is 0.490 e. The average molecular weight is 425 g/mol. The molecule has 2 aliphatic heterocycles. The van der Waals surface area contributed by atoms with Crippen molar-refractivity contribution in [1.29, 1.82) is 0 Å². The topological polar surface area (TPSA) is 60.0 Å². The summed E-state index contributed by atoms with van der Waals surface area (Å²) in [5, 5.41) is 3.24. The first-order valence-electron chi connectivity index (χ1n) is 11.2. The molecule has 0 saturated carbocycles. The summed E-state index contributed by atoms with van der Waals surface area (Å²) in [6.07, 6.45) is 0.878. The monoisotopic (exact) mass is 424 g/mol. The van der Waals surface area contributed by atoms with E-state index in [0.717, 1.165) is 35.6 Å². The van der Waals surface area contributed by atoms with E-state index in [-0.39, 0.29) is 24.0 Å². The summed E-state index contributed by atoms with van der Waals surface area (Å²) < 4.78 is 17.5. The number of hydrogen-bond donors (Lipinski definition) is 1. The molecule has 2 aromatic carbocycles. The highest BCUT2D eigenvalue weighted by molar-refractivity contribution is 5.78. The molecule has 2 aliphatic rings. The van der Waals surface area contributed by atoms with E-state index in [2.05, 4.69) is 36.2 Å². The number of nitrogens with one attached hydrogen (secondary N) is 1. The van der Waals surface area contributed by atoms with E-state index in [9.17, 15) is 4.79 Å². The standard InChI is InChI=1S/C25H32N2O4/c1-18(2)25(20-9-10-21-22(15-20)30-13-6-12-29-21)26-24(28)17-27-11-14-31-23(16-27)19-7-4-3-5-8-19/h3-5,7-10,15,18,23,25H,6,11-14,16-17H2,1-2H3,(H,26,28). The number of morpholine rings is 1. The summed E-state index contributed by atoms with van der Waals surface area (Å²) in [6.45, 7) is 8.02. The summed E-state index contributed by atoms with van der Waals surface area (Å²) in [5.41, 5.74) is 2.19. The molecule has 1 amide bonds. The van der Waals surface area contributed by atoms with Crippen molar-refractivity contribution in [2.75, 3.05) is 39.5 Å².